The Morgan fingerprint density at radius 2 is 1.82 bits per heavy atom. The molecule has 5 rings (SSSR count). The number of hydrogen-bond acceptors (Lipinski definition) is 5. The van der Waals surface area contributed by atoms with Gasteiger partial charge < -0.3 is 15.4 Å². The van der Waals surface area contributed by atoms with Gasteiger partial charge in [-0.3, -0.25) is 19.1 Å². The van der Waals surface area contributed by atoms with E-state index < -0.39 is 21.9 Å². The third-order valence-corrected chi connectivity index (χ3v) is 8.20. The molecule has 1 aliphatic carbocycles. The number of rotatable bonds is 7. The van der Waals surface area contributed by atoms with E-state index in [1.165, 1.54) is 30.3 Å². The standard InChI is InChI=1S/C26H21Cl2N3O6S/c27-13-8-14(28)10-16(9-13)38(36,37)31-15-4-6-20-18(11-15)19(26(35)30-20)12-22-17(5-7-24(33)34)25-21(29-22)2-1-3-23(25)32/h4,6,8-12,29,31H,1-3,5,7H2,(H,30,35)(H,33,34)/b19-12-. The number of aliphatic carboxylic acids is 1. The maximum absolute atomic E-state index is 12.9. The van der Waals surface area contributed by atoms with Gasteiger partial charge in [0.15, 0.2) is 5.78 Å². The summed E-state index contributed by atoms with van der Waals surface area (Å²) in [7, 11) is -4.04. The molecule has 38 heavy (non-hydrogen) atoms. The van der Waals surface area contributed by atoms with Gasteiger partial charge in [0.05, 0.1) is 10.5 Å². The number of amides is 1. The zero-order chi connectivity index (χ0) is 27.2. The van der Waals surface area contributed by atoms with Crippen molar-refractivity contribution in [2.45, 2.75) is 37.0 Å². The van der Waals surface area contributed by atoms with Crippen molar-refractivity contribution in [1.29, 1.82) is 0 Å². The minimum atomic E-state index is -4.04. The van der Waals surface area contributed by atoms with Crippen molar-refractivity contribution in [2.24, 2.45) is 0 Å². The maximum Gasteiger partial charge on any atom is 0.303 e. The summed E-state index contributed by atoms with van der Waals surface area (Å²) in [5.41, 5.74) is 3.67. The Bertz CT molecular complexity index is 1640. The molecule has 0 fully saturated rings. The van der Waals surface area contributed by atoms with Crippen LogP contribution in [0.1, 0.15) is 52.1 Å². The van der Waals surface area contributed by atoms with Crippen LogP contribution in [0.4, 0.5) is 11.4 Å². The first-order chi connectivity index (χ1) is 18.0. The Labute approximate surface area is 227 Å². The summed E-state index contributed by atoms with van der Waals surface area (Å²) >= 11 is 11.9. The second-order valence-corrected chi connectivity index (χ2v) is 11.6. The summed E-state index contributed by atoms with van der Waals surface area (Å²) in [6.07, 6.45) is 3.25. The van der Waals surface area contributed by atoms with E-state index in [1.54, 1.807) is 12.1 Å². The Balaban J connectivity index is 1.53. The smallest absolute Gasteiger partial charge is 0.303 e. The number of aromatic amines is 1. The van der Waals surface area contributed by atoms with E-state index in [9.17, 15) is 27.9 Å². The van der Waals surface area contributed by atoms with Crippen molar-refractivity contribution in [1.82, 2.24) is 4.98 Å². The van der Waals surface area contributed by atoms with Crippen molar-refractivity contribution in [3.8, 4) is 0 Å². The van der Waals surface area contributed by atoms with Crippen LogP contribution in [-0.2, 0) is 32.5 Å². The van der Waals surface area contributed by atoms with Gasteiger partial charge in [-0.05, 0) is 67.3 Å². The number of aryl methyl sites for hydroxylation is 1. The average Bonchev–Trinajstić information content (AvgIpc) is 3.34. The molecule has 1 amide bonds. The summed E-state index contributed by atoms with van der Waals surface area (Å²) in [5.74, 6) is -1.46. The summed E-state index contributed by atoms with van der Waals surface area (Å²) in [5, 5.41) is 12.3. The van der Waals surface area contributed by atoms with Crippen molar-refractivity contribution in [3.63, 3.8) is 0 Å². The number of nitrogens with one attached hydrogen (secondary N) is 3. The van der Waals surface area contributed by atoms with Crippen LogP contribution >= 0.6 is 23.2 Å². The van der Waals surface area contributed by atoms with Gasteiger partial charge in [-0.2, -0.15) is 0 Å². The molecule has 12 heteroatoms. The molecule has 3 aromatic rings. The van der Waals surface area contributed by atoms with Gasteiger partial charge in [-0.25, -0.2) is 8.42 Å². The number of Topliss-reactive ketones (excluding diaryl/α,β-unsaturated/α-hetero) is 1. The molecule has 0 unspecified atom stereocenters. The molecule has 1 aromatic heterocycles. The van der Waals surface area contributed by atoms with Gasteiger partial charge in [0, 0.05) is 56.8 Å². The lowest BCUT2D eigenvalue weighted by molar-refractivity contribution is -0.137. The van der Waals surface area contributed by atoms with Gasteiger partial charge >= 0.3 is 5.97 Å². The number of carboxylic acids is 1. The number of halogens is 2. The van der Waals surface area contributed by atoms with Gasteiger partial charge in [-0.1, -0.05) is 23.2 Å². The summed E-state index contributed by atoms with van der Waals surface area (Å²) in [4.78, 5) is 39.9. The molecule has 9 nitrogen and oxygen atoms in total. The number of anilines is 2. The van der Waals surface area contributed by atoms with Crippen LogP contribution in [0.2, 0.25) is 10.0 Å². The second-order valence-electron chi connectivity index (χ2n) is 9.02. The van der Waals surface area contributed by atoms with Crippen LogP contribution in [-0.4, -0.2) is 36.2 Å². The summed E-state index contributed by atoms with van der Waals surface area (Å²) < 4.78 is 28.4. The minimum absolute atomic E-state index is 0.0541. The van der Waals surface area contributed by atoms with Crippen molar-refractivity contribution in [2.75, 3.05) is 10.0 Å². The van der Waals surface area contributed by atoms with Crippen LogP contribution in [0.15, 0.2) is 41.3 Å². The third kappa shape index (κ3) is 5.07. The fourth-order valence-corrected chi connectivity index (χ4v) is 6.52. The van der Waals surface area contributed by atoms with Crippen LogP contribution in [0.3, 0.4) is 0 Å². The predicted octanol–water partition coefficient (Wildman–Crippen LogP) is 5.15. The first kappa shape index (κ1) is 26.0. The van der Waals surface area contributed by atoms with E-state index in [1.807, 2.05) is 0 Å². The lowest BCUT2D eigenvalue weighted by atomic mass is 9.91. The molecule has 4 N–H and O–H groups in total. The number of carboxylic acid groups (broad SMARTS) is 1. The summed E-state index contributed by atoms with van der Waals surface area (Å²) in [6.45, 7) is 0. The highest BCUT2D eigenvalue weighted by Gasteiger charge is 2.29. The minimum Gasteiger partial charge on any atom is -0.481 e. The van der Waals surface area contributed by atoms with Gasteiger partial charge in [0.1, 0.15) is 0 Å². The molecule has 0 spiro atoms. The molecule has 0 bridgehead atoms. The van der Waals surface area contributed by atoms with Gasteiger partial charge in [-0.15, -0.1) is 0 Å². The van der Waals surface area contributed by atoms with Gasteiger partial charge in [0.2, 0.25) is 0 Å². The first-order valence-corrected chi connectivity index (χ1v) is 13.9. The second kappa shape index (κ2) is 9.94. The highest BCUT2D eigenvalue weighted by molar-refractivity contribution is 7.92. The lowest BCUT2D eigenvalue weighted by Gasteiger charge is -2.11. The number of hydrogen-bond donors (Lipinski definition) is 4. The molecule has 2 aliphatic rings. The average molecular weight is 574 g/mol. The number of sulfonamides is 1. The van der Waals surface area contributed by atoms with Gasteiger partial charge in [0.25, 0.3) is 15.9 Å². The summed E-state index contributed by atoms with van der Waals surface area (Å²) in [6, 6.07) is 8.57. The van der Waals surface area contributed by atoms with E-state index in [4.69, 9.17) is 23.2 Å². The van der Waals surface area contributed by atoms with E-state index in [0.717, 1.165) is 5.69 Å². The molecule has 196 valence electrons. The molecule has 0 radical (unpaired) electrons. The zero-order valence-electron chi connectivity index (χ0n) is 19.7. The Morgan fingerprint density at radius 3 is 2.53 bits per heavy atom. The van der Waals surface area contributed by atoms with Crippen molar-refractivity contribution in [3.05, 3.63) is 74.5 Å². The van der Waals surface area contributed by atoms with Crippen molar-refractivity contribution < 1.29 is 27.9 Å². The Morgan fingerprint density at radius 1 is 1.08 bits per heavy atom. The van der Waals surface area contributed by atoms with E-state index in [2.05, 4.69) is 15.0 Å². The first-order valence-electron chi connectivity index (χ1n) is 11.7. The van der Waals surface area contributed by atoms with Crippen LogP contribution in [0.5, 0.6) is 0 Å². The SMILES string of the molecule is O=C(O)CCc1c(/C=C2\C(=O)Nc3ccc(NS(=O)(=O)c4cc(Cl)cc(Cl)c4)cc32)[nH]c2c1C(=O)CCC2. The Hall–Kier alpha value is -3.60. The van der Waals surface area contributed by atoms with E-state index in [0.29, 0.717) is 47.3 Å². The van der Waals surface area contributed by atoms with Crippen LogP contribution < -0.4 is 10.0 Å². The highest BCUT2D eigenvalue weighted by Crippen LogP contribution is 2.37. The normalized spacial score (nSPS) is 15.8. The molecule has 1 aliphatic heterocycles. The van der Waals surface area contributed by atoms with E-state index in [-0.39, 0.29) is 44.8 Å². The van der Waals surface area contributed by atoms with Crippen molar-refractivity contribution >= 4 is 73.9 Å². The zero-order valence-corrected chi connectivity index (χ0v) is 22.1. The molecule has 2 aromatic carbocycles. The monoisotopic (exact) mass is 573 g/mol. The lowest BCUT2D eigenvalue weighted by Crippen LogP contribution is -2.13. The largest absolute Gasteiger partial charge is 0.481 e. The topological polar surface area (TPSA) is 145 Å². The molecule has 0 saturated carbocycles. The number of aromatic nitrogens is 1. The molecule has 2 heterocycles. The van der Waals surface area contributed by atoms with Crippen LogP contribution in [0.25, 0.3) is 11.6 Å². The number of H-pyrrole nitrogens is 1. The number of benzene rings is 2. The Kier molecular flexibility index (Phi) is 6.81. The fraction of sp³-hybridized carbons (Fsp3) is 0.192. The van der Waals surface area contributed by atoms with Crippen LogP contribution in [0, 0.1) is 0 Å². The van der Waals surface area contributed by atoms with E-state index >= 15 is 0 Å². The number of carbonyl (C=O) groups excluding carboxylic acids is 2. The molecular weight excluding hydrogens is 553 g/mol. The highest BCUT2D eigenvalue weighted by atomic mass is 35.5. The molecule has 0 atom stereocenters. The number of fused-ring (bicyclic) bond motifs is 2. The maximum atomic E-state index is 12.9. The predicted molar refractivity (Wildman–Crippen MR) is 144 cm³/mol. The molecular formula is C26H21Cl2N3O6S. The fourth-order valence-electron chi connectivity index (χ4n) is 4.74. The third-order valence-electron chi connectivity index (χ3n) is 6.40. The quantitative estimate of drug-likeness (QED) is 0.287. The number of ketones is 1. The number of carbonyl (C=O) groups is 3. The molecule has 0 saturated heterocycles.